The van der Waals surface area contributed by atoms with Crippen molar-refractivity contribution in [1.29, 1.82) is 0 Å². The molecule has 21 heavy (non-hydrogen) atoms. The maximum atomic E-state index is 12.5. The van der Waals surface area contributed by atoms with Crippen molar-refractivity contribution in [3.05, 3.63) is 29.3 Å². The van der Waals surface area contributed by atoms with E-state index in [1.165, 1.54) is 4.31 Å². The molecule has 0 spiro atoms. The Hall–Kier alpha value is -1.35. The molecule has 0 aromatic heterocycles. The summed E-state index contributed by atoms with van der Waals surface area (Å²) in [5, 5.41) is 8.70. The second-order valence-corrected chi connectivity index (χ2v) is 7.02. The molecule has 1 rings (SSSR count). The van der Waals surface area contributed by atoms with E-state index in [0.717, 1.165) is 30.4 Å². The predicted octanol–water partition coefficient (Wildman–Crippen LogP) is 2.15. The van der Waals surface area contributed by atoms with Gasteiger partial charge in [0, 0.05) is 19.2 Å². The molecular formula is C16H23NO3S. The van der Waals surface area contributed by atoms with Gasteiger partial charge in [0.2, 0.25) is 10.0 Å². The first kappa shape index (κ1) is 17.7. The van der Waals surface area contributed by atoms with Gasteiger partial charge in [-0.1, -0.05) is 31.6 Å². The van der Waals surface area contributed by atoms with Crippen molar-refractivity contribution in [2.45, 2.75) is 38.0 Å². The van der Waals surface area contributed by atoms with E-state index in [4.69, 9.17) is 5.11 Å². The fraction of sp³-hybridized carbons (Fsp3) is 0.500. The Morgan fingerprint density at radius 3 is 2.57 bits per heavy atom. The number of rotatable bonds is 6. The number of aliphatic hydroxyl groups excluding tert-OH is 1. The molecule has 0 radical (unpaired) electrons. The third-order valence-electron chi connectivity index (χ3n) is 3.28. The smallest absolute Gasteiger partial charge is 0.242 e. The summed E-state index contributed by atoms with van der Waals surface area (Å²) < 4.78 is 26.3. The summed E-state index contributed by atoms with van der Waals surface area (Å²) in [5.41, 5.74) is 1.52. The number of nitrogens with zero attached hydrogens (tertiary/aromatic N) is 1. The standard InChI is InChI=1S/C16H23NO3S/c1-4-5-6-11-17(3)21(19,20)16-10-9-15(8-7-12-18)14(2)13-16/h9-10,13,18H,4-6,11-12H2,1-3H3. The second-order valence-electron chi connectivity index (χ2n) is 4.97. The topological polar surface area (TPSA) is 57.6 Å². The van der Waals surface area contributed by atoms with Crippen molar-refractivity contribution in [3.63, 3.8) is 0 Å². The number of benzene rings is 1. The van der Waals surface area contributed by atoms with Gasteiger partial charge in [-0.05, 0) is 37.1 Å². The van der Waals surface area contributed by atoms with Crippen molar-refractivity contribution in [2.24, 2.45) is 0 Å². The largest absolute Gasteiger partial charge is 0.384 e. The maximum absolute atomic E-state index is 12.5. The molecular weight excluding hydrogens is 286 g/mol. The van der Waals surface area contributed by atoms with Crippen LogP contribution in [0.5, 0.6) is 0 Å². The van der Waals surface area contributed by atoms with Crippen molar-refractivity contribution < 1.29 is 13.5 Å². The van der Waals surface area contributed by atoms with E-state index in [9.17, 15) is 8.42 Å². The lowest BCUT2D eigenvalue weighted by Crippen LogP contribution is -2.28. The molecule has 1 N–H and O–H groups in total. The molecule has 1 aromatic rings. The molecule has 4 nitrogen and oxygen atoms in total. The minimum absolute atomic E-state index is 0.209. The van der Waals surface area contributed by atoms with Crippen LogP contribution < -0.4 is 0 Å². The van der Waals surface area contributed by atoms with Gasteiger partial charge in [0.05, 0.1) is 4.90 Å². The molecule has 0 atom stereocenters. The summed E-state index contributed by atoms with van der Waals surface area (Å²) in [4.78, 5) is 0.286. The van der Waals surface area contributed by atoms with Gasteiger partial charge in [-0.3, -0.25) is 0 Å². The Kier molecular flexibility index (Phi) is 6.90. The van der Waals surface area contributed by atoms with Gasteiger partial charge in [-0.25, -0.2) is 12.7 Å². The van der Waals surface area contributed by atoms with E-state index in [1.807, 2.05) is 6.92 Å². The highest BCUT2D eigenvalue weighted by molar-refractivity contribution is 7.89. The van der Waals surface area contributed by atoms with Gasteiger partial charge in [-0.2, -0.15) is 0 Å². The summed E-state index contributed by atoms with van der Waals surface area (Å²) in [5.74, 6) is 5.37. The van der Waals surface area contributed by atoms with E-state index < -0.39 is 10.0 Å². The molecule has 0 amide bonds. The van der Waals surface area contributed by atoms with Crippen LogP contribution in [0.4, 0.5) is 0 Å². The summed E-state index contributed by atoms with van der Waals surface area (Å²) in [6, 6.07) is 4.89. The number of aliphatic hydroxyl groups is 1. The SMILES string of the molecule is CCCCCN(C)S(=O)(=O)c1ccc(C#CCO)c(C)c1. The monoisotopic (exact) mass is 309 g/mol. The summed E-state index contributed by atoms with van der Waals surface area (Å²) >= 11 is 0. The minimum atomic E-state index is -3.44. The van der Waals surface area contributed by atoms with E-state index in [2.05, 4.69) is 18.8 Å². The highest BCUT2D eigenvalue weighted by Crippen LogP contribution is 2.18. The average molecular weight is 309 g/mol. The fourth-order valence-electron chi connectivity index (χ4n) is 1.96. The van der Waals surface area contributed by atoms with Crippen LogP contribution in [0.15, 0.2) is 23.1 Å². The van der Waals surface area contributed by atoms with Gasteiger partial charge in [-0.15, -0.1) is 0 Å². The molecule has 0 fully saturated rings. The number of sulfonamides is 1. The molecule has 0 saturated heterocycles. The molecule has 0 aliphatic rings. The van der Waals surface area contributed by atoms with E-state index >= 15 is 0 Å². The second kappa shape index (κ2) is 8.18. The van der Waals surface area contributed by atoms with Crippen molar-refractivity contribution in [3.8, 4) is 11.8 Å². The third-order valence-corrected chi connectivity index (χ3v) is 5.14. The average Bonchev–Trinajstić information content (AvgIpc) is 2.46. The zero-order valence-electron chi connectivity index (χ0n) is 12.9. The molecule has 0 aliphatic carbocycles. The summed E-state index contributed by atoms with van der Waals surface area (Å²) in [7, 11) is -1.83. The zero-order valence-corrected chi connectivity index (χ0v) is 13.7. The number of hydrogen-bond acceptors (Lipinski definition) is 3. The lowest BCUT2D eigenvalue weighted by atomic mass is 10.1. The van der Waals surface area contributed by atoms with Crippen molar-refractivity contribution in [2.75, 3.05) is 20.2 Å². The van der Waals surface area contributed by atoms with E-state index in [1.54, 1.807) is 25.2 Å². The normalized spacial score (nSPS) is 11.3. The van der Waals surface area contributed by atoms with Gasteiger partial charge < -0.3 is 5.11 Å². The Labute approximate surface area is 127 Å². The van der Waals surface area contributed by atoms with Crippen molar-refractivity contribution in [1.82, 2.24) is 4.31 Å². The first-order valence-electron chi connectivity index (χ1n) is 7.10. The van der Waals surface area contributed by atoms with Crippen LogP contribution in [0.25, 0.3) is 0 Å². The lowest BCUT2D eigenvalue weighted by Gasteiger charge is -2.17. The maximum Gasteiger partial charge on any atom is 0.242 e. The molecule has 0 unspecified atom stereocenters. The number of aryl methyl sites for hydroxylation is 1. The van der Waals surface area contributed by atoms with E-state index in [0.29, 0.717) is 6.54 Å². The molecule has 116 valence electrons. The molecule has 1 aromatic carbocycles. The quantitative estimate of drug-likeness (QED) is 0.647. The minimum Gasteiger partial charge on any atom is -0.384 e. The van der Waals surface area contributed by atoms with Crippen molar-refractivity contribution >= 4 is 10.0 Å². The predicted molar refractivity (Wildman–Crippen MR) is 84.5 cm³/mol. The molecule has 0 bridgehead atoms. The summed E-state index contributed by atoms with van der Waals surface area (Å²) in [6.45, 7) is 4.22. The van der Waals surface area contributed by atoms with Crippen LogP contribution in [0.3, 0.4) is 0 Å². The van der Waals surface area contributed by atoms with Gasteiger partial charge >= 0.3 is 0 Å². The first-order valence-corrected chi connectivity index (χ1v) is 8.54. The Morgan fingerprint density at radius 2 is 2.00 bits per heavy atom. The lowest BCUT2D eigenvalue weighted by molar-refractivity contribution is 0.350. The van der Waals surface area contributed by atoms with Crippen LogP contribution in [0.2, 0.25) is 0 Å². The van der Waals surface area contributed by atoms with Crippen LogP contribution in [-0.4, -0.2) is 38.0 Å². The Morgan fingerprint density at radius 1 is 1.29 bits per heavy atom. The highest BCUT2D eigenvalue weighted by atomic mass is 32.2. The third kappa shape index (κ3) is 4.85. The van der Waals surface area contributed by atoms with Crippen LogP contribution in [-0.2, 0) is 10.0 Å². The number of unbranched alkanes of at least 4 members (excludes halogenated alkanes) is 2. The molecule has 0 aliphatic heterocycles. The highest BCUT2D eigenvalue weighted by Gasteiger charge is 2.20. The molecule has 0 saturated carbocycles. The van der Waals surface area contributed by atoms with Crippen LogP contribution in [0.1, 0.15) is 37.3 Å². The van der Waals surface area contributed by atoms with Gasteiger partial charge in [0.25, 0.3) is 0 Å². The Balaban J connectivity index is 2.96. The number of hydrogen-bond donors (Lipinski definition) is 1. The van der Waals surface area contributed by atoms with Crippen LogP contribution >= 0.6 is 0 Å². The van der Waals surface area contributed by atoms with Crippen LogP contribution in [0, 0.1) is 18.8 Å². The summed E-state index contributed by atoms with van der Waals surface area (Å²) in [6.07, 6.45) is 2.95. The first-order chi connectivity index (χ1) is 9.93. The Bertz CT molecular complexity index is 627. The molecule has 0 heterocycles. The van der Waals surface area contributed by atoms with E-state index in [-0.39, 0.29) is 11.5 Å². The zero-order chi connectivity index (χ0) is 15.9. The van der Waals surface area contributed by atoms with Gasteiger partial charge in [0.1, 0.15) is 6.61 Å². The fourth-order valence-corrected chi connectivity index (χ4v) is 3.25. The molecule has 5 heteroatoms. The van der Waals surface area contributed by atoms with Gasteiger partial charge in [0.15, 0.2) is 0 Å².